The molecule has 7 heteroatoms. The first-order valence-electron chi connectivity index (χ1n) is 10.4. The van der Waals surface area contributed by atoms with Crippen LogP contribution in [0.5, 0.6) is 11.5 Å². The van der Waals surface area contributed by atoms with Gasteiger partial charge in [0.2, 0.25) is 0 Å². The molecule has 0 saturated carbocycles. The maximum Gasteiger partial charge on any atom is 0.293 e. The number of methoxy groups -OCH3 is 1. The standard InChI is InChI=1S/C22H29N3O4/c1-23-22-15-6-7-18(29-14-26)21(15)16-12-19(27-2)20(13-17(16)24-22)28-11-5-10-25-8-3-4-9-25/h12-14,18H,3-11H2,1-2H3,(H,23,24). The van der Waals surface area contributed by atoms with E-state index < -0.39 is 0 Å². The molecule has 0 amide bonds. The van der Waals surface area contributed by atoms with Gasteiger partial charge in [-0.25, -0.2) is 4.98 Å². The quantitative estimate of drug-likeness (QED) is 0.512. The zero-order valence-electron chi connectivity index (χ0n) is 17.2. The molecule has 2 aliphatic rings. The number of carbonyl (C=O) groups is 1. The summed E-state index contributed by atoms with van der Waals surface area (Å²) in [7, 11) is 3.51. The predicted octanol–water partition coefficient (Wildman–Crippen LogP) is 3.31. The van der Waals surface area contributed by atoms with Crippen molar-refractivity contribution in [3.8, 4) is 11.5 Å². The lowest BCUT2D eigenvalue weighted by molar-refractivity contribution is -0.133. The van der Waals surface area contributed by atoms with Crippen LogP contribution in [0, 0.1) is 0 Å². The van der Waals surface area contributed by atoms with Gasteiger partial charge in [-0.3, -0.25) is 4.79 Å². The van der Waals surface area contributed by atoms with E-state index in [1.165, 1.54) is 25.9 Å². The van der Waals surface area contributed by atoms with Crippen molar-refractivity contribution in [3.63, 3.8) is 0 Å². The summed E-state index contributed by atoms with van der Waals surface area (Å²) in [6, 6.07) is 3.89. The highest BCUT2D eigenvalue weighted by Gasteiger charge is 2.30. The third kappa shape index (κ3) is 3.96. The van der Waals surface area contributed by atoms with E-state index in [9.17, 15) is 4.79 Å². The number of rotatable bonds is 9. The van der Waals surface area contributed by atoms with Crippen molar-refractivity contribution in [2.24, 2.45) is 0 Å². The highest BCUT2D eigenvalue weighted by atomic mass is 16.5. The Morgan fingerprint density at radius 3 is 2.83 bits per heavy atom. The first-order chi connectivity index (χ1) is 14.2. The first-order valence-corrected chi connectivity index (χ1v) is 10.4. The summed E-state index contributed by atoms with van der Waals surface area (Å²) < 4.78 is 17.0. The molecule has 2 aromatic rings. The molecule has 1 N–H and O–H groups in total. The summed E-state index contributed by atoms with van der Waals surface area (Å²) >= 11 is 0. The summed E-state index contributed by atoms with van der Waals surface area (Å²) in [5.41, 5.74) is 2.93. The number of anilines is 1. The van der Waals surface area contributed by atoms with Crippen molar-refractivity contribution in [2.45, 2.75) is 38.2 Å². The highest BCUT2D eigenvalue weighted by Crippen LogP contribution is 2.44. The number of aromatic nitrogens is 1. The average Bonchev–Trinajstić information content (AvgIpc) is 3.40. The molecular weight excluding hydrogens is 370 g/mol. The van der Waals surface area contributed by atoms with Crippen LogP contribution in [0.4, 0.5) is 5.82 Å². The van der Waals surface area contributed by atoms with Gasteiger partial charge in [0, 0.05) is 36.2 Å². The van der Waals surface area contributed by atoms with E-state index in [0.29, 0.717) is 24.6 Å². The van der Waals surface area contributed by atoms with Crippen LogP contribution in [-0.4, -0.2) is 56.8 Å². The average molecular weight is 399 g/mol. The van der Waals surface area contributed by atoms with Crippen molar-refractivity contribution in [1.82, 2.24) is 9.88 Å². The van der Waals surface area contributed by atoms with Crippen LogP contribution in [0.1, 0.15) is 42.9 Å². The zero-order valence-corrected chi connectivity index (χ0v) is 17.2. The second-order valence-electron chi connectivity index (χ2n) is 7.63. The number of likely N-dealkylation sites (tertiary alicyclic amines) is 1. The molecule has 156 valence electrons. The Kier molecular flexibility index (Phi) is 6.04. The number of carbonyl (C=O) groups excluding carboxylic acids is 1. The van der Waals surface area contributed by atoms with Crippen molar-refractivity contribution in [2.75, 3.05) is 45.7 Å². The fourth-order valence-electron chi connectivity index (χ4n) is 4.53. The first kappa shape index (κ1) is 19.8. The van der Waals surface area contributed by atoms with Crippen molar-refractivity contribution < 1.29 is 19.0 Å². The van der Waals surface area contributed by atoms with Gasteiger partial charge in [0.1, 0.15) is 11.9 Å². The van der Waals surface area contributed by atoms with Gasteiger partial charge in [0.05, 0.1) is 19.2 Å². The lowest BCUT2D eigenvalue weighted by atomic mass is 10.0. The van der Waals surface area contributed by atoms with Gasteiger partial charge in [-0.2, -0.15) is 0 Å². The Balaban J connectivity index is 1.61. The van der Waals surface area contributed by atoms with Crippen LogP contribution in [0.25, 0.3) is 10.9 Å². The fourth-order valence-corrected chi connectivity index (χ4v) is 4.53. The lowest BCUT2D eigenvalue weighted by Gasteiger charge is -2.18. The Morgan fingerprint density at radius 2 is 2.10 bits per heavy atom. The number of nitrogens with zero attached hydrogens (tertiary/aromatic N) is 2. The second-order valence-corrected chi connectivity index (χ2v) is 7.63. The molecule has 1 fully saturated rings. The molecule has 0 spiro atoms. The maximum absolute atomic E-state index is 11.0. The smallest absolute Gasteiger partial charge is 0.293 e. The summed E-state index contributed by atoms with van der Waals surface area (Å²) in [5.74, 6) is 2.20. The number of ether oxygens (including phenoxy) is 3. The van der Waals surface area contributed by atoms with Crippen LogP contribution in [-0.2, 0) is 16.0 Å². The number of nitrogens with one attached hydrogen (secondary N) is 1. The summed E-state index contributed by atoms with van der Waals surface area (Å²) in [5, 5.41) is 4.13. The minimum Gasteiger partial charge on any atom is -0.493 e. The van der Waals surface area contributed by atoms with Gasteiger partial charge in [-0.05, 0) is 51.3 Å². The second kappa shape index (κ2) is 8.86. The van der Waals surface area contributed by atoms with Crippen LogP contribution in [0.15, 0.2) is 12.1 Å². The minimum absolute atomic E-state index is 0.253. The van der Waals surface area contributed by atoms with Crippen molar-refractivity contribution >= 4 is 23.2 Å². The van der Waals surface area contributed by atoms with Gasteiger partial charge in [0.15, 0.2) is 11.5 Å². The predicted molar refractivity (Wildman–Crippen MR) is 112 cm³/mol. The number of pyridine rings is 1. The molecule has 1 aromatic carbocycles. The molecule has 0 bridgehead atoms. The van der Waals surface area contributed by atoms with Gasteiger partial charge >= 0.3 is 0 Å². The Labute approximate surface area is 171 Å². The van der Waals surface area contributed by atoms with Crippen molar-refractivity contribution in [1.29, 1.82) is 0 Å². The molecule has 2 heterocycles. The number of benzene rings is 1. The van der Waals surface area contributed by atoms with Gasteiger partial charge < -0.3 is 24.4 Å². The minimum atomic E-state index is -0.253. The molecule has 1 aromatic heterocycles. The molecule has 0 radical (unpaired) electrons. The largest absolute Gasteiger partial charge is 0.493 e. The third-order valence-corrected chi connectivity index (χ3v) is 5.93. The van der Waals surface area contributed by atoms with E-state index >= 15 is 0 Å². The topological polar surface area (TPSA) is 72.9 Å². The Hall–Kier alpha value is -2.54. The van der Waals surface area contributed by atoms with E-state index in [-0.39, 0.29) is 6.10 Å². The van der Waals surface area contributed by atoms with Crippen LogP contribution in [0.3, 0.4) is 0 Å². The summed E-state index contributed by atoms with van der Waals surface area (Å²) in [4.78, 5) is 18.3. The third-order valence-electron chi connectivity index (χ3n) is 5.93. The normalized spacial score (nSPS) is 18.6. The molecular formula is C22H29N3O4. The van der Waals surface area contributed by atoms with Crippen LogP contribution < -0.4 is 14.8 Å². The van der Waals surface area contributed by atoms with Gasteiger partial charge in [-0.15, -0.1) is 0 Å². The van der Waals surface area contributed by atoms with Gasteiger partial charge in [-0.1, -0.05) is 0 Å². The van der Waals surface area contributed by atoms with Crippen LogP contribution in [0.2, 0.25) is 0 Å². The number of fused-ring (bicyclic) bond motifs is 3. The van der Waals surface area contributed by atoms with Crippen LogP contribution >= 0.6 is 0 Å². The van der Waals surface area contributed by atoms with E-state index in [1.54, 1.807) is 7.11 Å². The molecule has 1 saturated heterocycles. The van der Waals surface area contributed by atoms with E-state index in [0.717, 1.165) is 53.7 Å². The molecule has 1 unspecified atom stereocenters. The monoisotopic (exact) mass is 399 g/mol. The molecule has 7 nitrogen and oxygen atoms in total. The van der Waals surface area contributed by atoms with E-state index in [1.807, 2.05) is 19.2 Å². The summed E-state index contributed by atoms with van der Waals surface area (Å²) in [6.45, 7) is 4.63. The Bertz CT molecular complexity index is 880. The molecule has 1 aliphatic carbocycles. The SMILES string of the molecule is CNc1nc2cc(OCCCN3CCCC3)c(OC)cc2c2c1CCC2OC=O. The number of hydrogen-bond acceptors (Lipinski definition) is 7. The molecule has 1 aliphatic heterocycles. The van der Waals surface area contributed by atoms with E-state index in [2.05, 4.69) is 10.2 Å². The van der Waals surface area contributed by atoms with E-state index in [4.69, 9.17) is 19.2 Å². The number of hydrogen-bond donors (Lipinski definition) is 1. The molecule has 29 heavy (non-hydrogen) atoms. The maximum atomic E-state index is 11.0. The highest BCUT2D eigenvalue weighted by molar-refractivity contribution is 5.90. The Morgan fingerprint density at radius 1 is 1.28 bits per heavy atom. The fraction of sp³-hybridized carbons (Fsp3) is 0.545. The zero-order chi connectivity index (χ0) is 20.2. The lowest BCUT2D eigenvalue weighted by Crippen LogP contribution is -2.21. The molecule has 1 atom stereocenters. The summed E-state index contributed by atoms with van der Waals surface area (Å²) in [6.07, 6.45) is 4.92. The van der Waals surface area contributed by atoms with Crippen molar-refractivity contribution in [3.05, 3.63) is 23.3 Å². The molecule has 4 rings (SSSR count). The van der Waals surface area contributed by atoms with Gasteiger partial charge in [0.25, 0.3) is 6.47 Å².